The number of likely N-dealkylation sites (tertiary alicyclic amines) is 1. The van der Waals surface area contributed by atoms with Gasteiger partial charge in [-0.15, -0.1) is 0 Å². The van der Waals surface area contributed by atoms with Crippen LogP contribution >= 0.6 is 0 Å². The van der Waals surface area contributed by atoms with Crippen LogP contribution in [0.1, 0.15) is 59.3 Å². The third-order valence-electron chi connectivity index (χ3n) is 4.79. The Morgan fingerprint density at radius 1 is 1.17 bits per heavy atom. The summed E-state index contributed by atoms with van der Waals surface area (Å²) in [5.74, 6) is 1.11. The van der Waals surface area contributed by atoms with Gasteiger partial charge in [-0.05, 0) is 77.8 Å². The van der Waals surface area contributed by atoms with E-state index in [9.17, 15) is 9.90 Å². The number of rotatable bonds is 4. The van der Waals surface area contributed by atoms with Crippen LogP contribution in [0.15, 0.2) is 0 Å². The molecule has 1 aliphatic carbocycles. The van der Waals surface area contributed by atoms with Gasteiger partial charge in [0.2, 0.25) is 0 Å². The highest BCUT2D eigenvalue weighted by Crippen LogP contribution is 2.24. The van der Waals surface area contributed by atoms with E-state index in [2.05, 4.69) is 5.32 Å². The summed E-state index contributed by atoms with van der Waals surface area (Å²) in [5.41, 5.74) is -0.426. The first-order valence-electron chi connectivity index (χ1n) is 9.20. The van der Waals surface area contributed by atoms with Crippen LogP contribution in [-0.2, 0) is 4.74 Å². The van der Waals surface area contributed by atoms with Gasteiger partial charge in [0.1, 0.15) is 5.60 Å². The van der Waals surface area contributed by atoms with E-state index in [4.69, 9.17) is 4.74 Å². The first-order chi connectivity index (χ1) is 10.8. The second kappa shape index (κ2) is 8.34. The lowest BCUT2D eigenvalue weighted by Gasteiger charge is -2.34. The largest absolute Gasteiger partial charge is 0.444 e. The Hall–Kier alpha value is -0.810. The van der Waals surface area contributed by atoms with Crippen molar-refractivity contribution in [2.45, 2.75) is 71.0 Å². The molecule has 1 saturated carbocycles. The molecule has 0 bridgehead atoms. The Morgan fingerprint density at radius 2 is 1.87 bits per heavy atom. The predicted molar refractivity (Wildman–Crippen MR) is 91.4 cm³/mol. The molecule has 2 fully saturated rings. The quantitative estimate of drug-likeness (QED) is 0.834. The van der Waals surface area contributed by atoms with Crippen molar-refractivity contribution >= 4 is 6.09 Å². The second-order valence-electron chi connectivity index (χ2n) is 8.28. The van der Waals surface area contributed by atoms with E-state index in [1.54, 1.807) is 0 Å². The van der Waals surface area contributed by atoms with E-state index in [1.807, 2.05) is 25.7 Å². The molecular weight excluding hydrogens is 292 g/mol. The van der Waals surface area contributed by atoms with Crippen molar-refractivity contribution in [3.8, 4) is 0 Å². The van der Waals surface area contributed by atoms with Gasteiger partial charge in [0, 0.05) is 13.1 Å². The summed E-state index contributed by atoms with van der Waals surface area (Å²) in [6.45, 7) is 9.26. The van der Waals surface area contributed by atoms with Crippen molar-refractivity contribution in [1.82, 2.24) is 10.2 Å². The summed E-state index contributed by atoms with van der Waals surface area (Å²) >= 11 is 0. The molecule has 0 aromatic rings. The SMILES string of the molecule is CC(C)(C)OC(=O)N1CCCC(CNCC2CCCC(O)C2)C1. The van der Waals surface area contributed by atoms with E-state index in [0.29, 0.717) is 11.8 Å². The number of aliphatic hydroxyl groups is 1. The van der Waals surface area contributed by atoms with Crippen LogP contribution in [0.4, 0.5) is 4.79 Å². The van der Waals surface area contributed by atoms with E-state index in [0.717, 1.165) is 51.9 Å². The zero-order valence-electron chi connectivity index (χ0n) is 15.0. The van der Waals surface area contributed by atoms with Crippen LogP contribution in [0, 0.1) is 11.8 Å². The van der Waals surface area contributed by atoms with Gasteiger partial charge in [-0.25, -0.2) is 4.79 Å². The van der Waals surface area contributed by atoms with Gasteiger partial charge in [-0.1, -0.05) is 6.42 Å². The molecule has 2 rings (SSSR count). The molecular formula is C18H34N2O3. The number of nitrogens with one attached hydrogen (secondary N) is 1. The van der Waals surface area contributed by atoms with Crippen LogP contribution < -0.4 is 5.32 Å². The molecule has 2 N–H and O–H groups in total. The summed E-state index contributed by atoms with van der Waals surface area (Å²) in [6.07, 6.45) is 6.19. The highest BCUT2D eigenvalue weighted by molar-refractivity contribution is 5.68. The normalized spacial score (nSPS) is 29.4. The maximum absolute atomic E-state index is 12.2. The van der Waals surface area contributed by atoms with Gasteiger partial charge in [0.05, 0.1) is 6.10 Å². The van der Waals surface area contributed by atoms with Crippen molar-refractivity contribution in [2.24, 2.45) is 11.8 Å². The number of ether oxygens (including phenoxy) is 1. The molecule has 1 amide bonds. The lowest BCUT2D eigenvalue weighted by Crippen LogP contribution is -2.45. The molecule has 3 unspecified atom stereocenters. The molecule has 0 aromatic heterocycles. The van der Waals surface area contributed by atoms with Crippen LogP contribution in [0.2, 0.25) is 0 Å². The van der Waals surface area contributed by atoms with Gasteiger partial charge in [-0.2, -0.15) is 0 Å². The monoisotopic (exact) mass is 326 g/mol. The van der Waals surface area contributed by atoms with Crippen molar-refractivity contribution < 1.29 is 14.6 Å². The molecule has 1 aliphatic heterocycles. The number of hydrogen-bond donors (Lipinski definition) is 2. The molecule has 1 saturated heterocycles. The lowest BCUT2D eigenvalue weighted by atomic mass is 9.87. The third kappa shape index (κ3) is 6.68. The van der Waals surface area contributed by atoms with Crippen LogP contribution in [0.3, 0.4) is 0 Å². The molecule has 134 valence electrons. The minimum Gasteiger partial charge on any atom is -0.444 e. The molecule has 1 heterocycles. The van der Waals surface area contributed by atoms with Crippen LogP contribution in [-0.4, -0.2) is 54.0 Å². The maximum Gasteiger partial charge on any atom is 0.410 e. The highest BCUT2D eigenvalue weighted by Gasteiger charge is 2.27. The molecule has 0 spiro atoms. The van der Waals surface area contributed by atoms with Gasteiger partial charge >= 0.3 is 6.09 Å². The molecule has 23 heavy (non-hydrogen) atoms. The van der Waals surface area contributed by atoms with E-state index in [-0.39, 0.29) is 12.2 Å². The number of piperidine rings is 1. The van der Waals surface area contributed by atoms with Crippen molar-refractivity contribution in [3.63, 3.8) is 0 Å². The summed E-state index contributed by atoms with van der Waals surface area (Å²) < 4.78 is 5.48. The smallest absolute Gasteiger partial charge is 0.410 e. The predicted octanol–water partition coefficient (Wildman–Crippen LogP) is 2.77. The Morgan fingerprint density at radius 3 is 2.57 bits per heavy atom. The summed E-state index contributed by atoms with van der Waals surface area (Å²) in [7, 11) is 0. The van der Waals surface area contributed by atoms with Gasteiger partial charge in [0.25, 0.3) is 0 Å². The van der Waals surface area contributed by atoms with E-state index in [1.165, 1.54) is 12.8 Å². The lowest BCUT2D eigenvalue weighted by molar-refractivity contribution is 0.0165. The summed E-state index contributed by atoms with van der Waals surface area (Å²) in [4.78, 5) is 14.0. The molecule has 5 heteroatoms. The Labute approximate surface area is 140 Å². The maximum atomic E-state index is 12.2. The van der Waals surface area contributed by atoms with Gasteiger partial charge in [-0.3, -0.25) is 0 Å². The molecule has 3 atom stereocenters. The highest BCUT2D eigenvalue weighted by atomic mass is 16.6. The average Bonchev–Trinajstić information content (AvgIpc) is 2.46. The minimum absolute atomic E-state index is 0.104. The molecule has 5 nitrogen and oxygen atoms in total. The number of carbonyl (C=O) groups excluding carboxylic acids is 1. The molecule has 0 radical (unpaired) electrons. The Kier molecular flexibility index (Phi) is 6.72. The molecule has 2 aliphatic rings. The second-order valence-corrected chi connectivity index (χ2v) is 8.28. The topological polar surface area (TPSA) is 61.8 Å². The van der Waals surface area contributed by atoms with Crippen molar-refractivity contribution in [1.29, 1.82) is 0 Å². The molecule has 0 aromatic carbocycles. The zero-order valence-corrected chi connectivity index (χ0v) is 15.0. The van der Waals surface area contributed by atoms with Crippen LogP contribution in [0.25, 0.3) is 0 Å². The fourth-order valence-corrected chi connectivity index (χ4v) is 3.66. The van der Waals surface area contributed by atoms with E-state index < -0.39 is 5.60 Å². The Bertz CT molecular complexity index is 381. The first-order valence-corrected chi connectivity index (χ1v) is 9.20. The van der Waals surface area contributed by atoms with Crippen LogP contribution in [0.5, 0.6) is 0 Å². The first kappa shape index (κ1) is 18.5. The number of amides is 1. The standard InChI is InChI=1S/C18H34N2O3/c1-18(2,3)23-17(22)20-9-5-7-15(13-20)12-19-11-14-6-4-8-16(21)10-14/h14-16,19,21H,4-13H2,1-3H3. The number of aliphatic hydroxyl groups excluding tert-OH is 1. The number of nitrogens with zero attached hydrogens (tertiary/aromatic N) is 1. The number of carbonyl (C=O) groups is 1. The van der Waals surface area contributed by atoms with Gasteiger partial charge in [0.15, 0.2) is 0 Å². The van der Waals surface area contributed by atoms with Crippen molar-refractivity contribution in [2.75, 3.05) is 26.2 Å². The summed E-state index contributed by atoms with van der Waals surface area (Å²) in [5, 5.41) is 13.3. The van der Waals surface area contributed by atoms with Crippen molar-refractivity contribution in [3.05, 3.63) is 0 Å². The Balaban J connectivity index is 1.68. The minimum atomic E-state index is -0.426. The fourth-order valence-electron chi connectivity index (χ4n) is 3.66. The zero-order chi connectivity index (χ0) is 16.9. The van der Waals surface area contributed by atoms with Gasteiger partial charge < -0.3 is 20.1 Å². The third-order valence-corrected chi connectivity index (χ3v) is 4.79. The fraction of sp³-hybridized carbons (Fsp3) is 0.944. The average molecular weight is 326 g/mol. The number of hydrogen-bond acceptors (Lipinski definition) is 4. The van der Waals surface area contributed by atoms with E-state index >= 15 is 0 Å². The summed E-state index contributed by atoms with van der Waals surface area (Å²) in [6, 6.07) is 0.